The van der Waals surface area contributed by atoms with E-state index in [0.717, 1.165) is 11.3 Å². The first kappa shape index (κ1) is 17.8. The second kappa shape index (κ2) is 7.45. The summed E-state index contributed by atoms with van der Waals surface area (Å²) < 4.78 is 19.5. The molecule has 132 valence electrons. The predicted octanol–water partition coefficient (Wildman–Crippen LogP) is 3.46. The summed E-state index contributed by atoms with van der Waals surface area (Å²) in [4.78, 5) is 36.1. The summed E-state index contributed by atoms with van der Waals surface area (Å²) in [5.74, 6) is -2.46. The summed E-state index contributed by atoms with van der Waals surface area (Å²) in [6, 6.07) is 12.8. The number of amides is 2. The Balaban J connectivity index is 1.64. The Morgan fingerprint density at radius 2 is 1.81 bits per heavy atom. The molecular weight excluding hydrogens is 357 g/mol. The van der Waals surface area contributed by atoms with E-state index in [-0.39, 0.29) is 4.88 Å². The summed E-state index contributed by atoms with van der Waals surface area (Å²) in [6.45, 7) is 1.02. The number of carbonyl (C=O) groups excluding carboxylic acids is 3. The molecule has 0 saturated carbocycles. The van der Waals surface area contributed by atoms with Crippen LogP contribution in [0.25, 0.3) is 10.1 Å². The van der Waals surface area contributed by atoms with Gasteiger partial charge in [-0.2, -0.15) is 0 Å². The van der Waals surface area contributed by atoms with Gasteiger partial charge in [0.15, 0.2) is 6.61 Å². The largest absolute Gasteiger partial charge is 0.451 e. The van der Waals surface area contributed by atoms with Crippen molar-refractivity contribution in [3.05, 3.63) is 70.4 Å². The first-order valence-corrected chi connectivity index (χ1v) is 8.53. The first-order chi connectivity index (χ1) is 12.5. The molecule has 0 fully saturated rings. The SMILES string of the molecule is Cc1c(C(=O)OCC(=O)NC(=O)c2ccccc2)sc2cccc(F)c12. The van der Waals surface area contributed by atoms with Crippen molar-refractivity contribution < 1.29 is 23.5 Å². The summed E-state index contributed by atoms with van der Waals surface area (Å²) in [5, 5.41) is 2.51. The maximum absolute atomic E-state index is 13.9. The number of thiophene rings is 1. The number of benzene rings is 2. The lowest BCUT2D eigenvalue weighted by Gasteiger charge is -2.05. The third-order valence-electron chi connectivity index (χ3n) is 3.71. The Labute approximate surface area is 152 Å². The van der Waals surface area contributed by atoms with Gasteiger partial charge in [0, 0.05) is 15.6 Å². The van der Waals surface area contributed by atoms with Crippen LogP contribution in [0.2, 0.25) is 0 Å². The summed E-state index contributed by atoms with van der Waals surface area (Å²) in [5.41, 5.74) is 0.789. The van der Waals surface area contributed by atoms with E-state index in [2.05, 4.69) is 5.32 Å². The molecule has 2 amide bonds. The van der Waals surface area contributed by atoms with Gasteiger partial charge in [0.1, 0.15) is 10.7 Å². The minimum absolute atomic E-state index is 0.229. The third-order valence-corrected chi connectivity index (χ3v) is 4.95. The Hall–Kier alpha value is -3.06. The molecule has 0 bridgehead atoms. The van der Waals surface area contributed by atoms with Crippen molar-refractivity contribution in [2.45, 2.75) is 6.92 Å². The van der Waals surface area contributed by atoms with Gasteiger partial charge < -0.3 is 4.74 Å². The second-order valence-corrected chi connectivity index (χ2v) is 6.54. The highest BCUT2D eigenvalue weighted by molar-refractivity contribution is 7.21. The number of nitrogens with one attached hydrogen (secondary N) is 1. The number of hydrogen-bond donors (Lipinski definition) is 1. The van der Waals surface area contributed by atoms with Crippen molar-refractivity contribution in [2.24, 2.45) is 0 Å². The lowest BCUT2D eigenvalue weighted by atomic mass is 10.1. The zero-order valence-corrected chi connectivity index (χ0v) is 14.6. The number of ether oxygens (including phenoxy) is 1. The normalized spacial score (nSPS) is 10.5. The van der Waals surface area contributed by atoms with Crippen LogP contribution in [-0.4, -0.2) is 24.4 Å². The minimum atomic E-state index is -0.739. The Morgan fingerprint density at radius 1 is 1.08 bits per heavy atom. The molecule has 3 rings (SSSR count). The number of carbonyl (C=O) groups is 3. The molecular formula is C19H14FNO4S. The fourth-order valence-corrected chi connectivity index (χ4v) is 3.59. The highest BCUT2D eigenvalue weighted by Gasteiger charge is 2.20. The molecule has 0 unspecified atom stereocenters. The summed E-state index contributed by atoms with van der Waals surface area (Å²) >= 11 is 1.10. The molecule has 1 N–H and O–H groups in total. The molecule has 26 heavy (non-hydrogen) atoms. The molecule has 1 heterocycles. The fraction of sp³-hybridized carbons (Fsp3) is 0.105. The van der Waals surface area contributed by atoms with Gasteiger partial charge >= 0.3 is 5.97 Å². The van der Waals surface area contributed by atoms with E-state index in [0.29, 0.717) is 21.2 Å². The number of rotatable bonds is 4. The van der Waals surface area contributed by atoms with Crippen molar-refractivity contribution in [1.82, 2.24) is 5.32 Å². The highest BCUT2D eigenvalue weighted by Crippen LogP contribution is 2.32. The van der Waals surface area contributed by atoms with Crippen molar-refractivity contribution in [2.75, 3.05) is 6.61 Å². The van der Waals surface area contributed by atoms with Crippen LogP contribution in [0.15, 0.2) is 48.5 Å². The van der Waals surface area contributed by atoms with Crippen LogP contribution in [0, 0.1) is 12.7 Å². The molecule has 0 saturated heterocycles. The maximum atomic E-state index is 13.9. The number of aryl methyl sites for hydroxylation is 1. The number of hydrogen-bond acceptors (Lipinski definition) is 5. The molecule has 0 spiro atoms. The van der Waals surface area contributed by atoms with Gasteiger partial charge in [0.25, 0.3) is 11.8 Å². The average Bonchev–Trinajstić information content (AvgIpc) is 2.98. The van der Waals surface area contributed by atoms with Crippen LogP contribution in [-0.2, 0) is 9.53 Å². The standard InChI is InChI=1S/C19H14FNO4S/c1-11-16-13(20)8-5-9-14(16)26-17(11)19(24)25-10-15(22)21-18(23)12-6-3-2-4-7-12/h2-9H,10H2,1H3,(H,21,22,23). The molecule has 5 nitrogen and oxygen atoms in total. The molecule has 0 aliphatic heterocycles. The van der Waals surface area contributed by atoms with Crippen LogP contribution < -0.4 is 5.32 Å². The molecule has 0 radical (unpaired) electrons. The summed E-state index contributed by atoms with van der Waals surface area (Å²) in [7, 11) is 0. The number of fused-ring (bicyclic) bond motifs is 1. The summed E-state index contributed by atoms with van der Waals surface area (Å²) in [6.07, 6.45) is 0. The third kappa shape index (κ3) is 3.62. The van der Waals surface area contributed by atoms with Crippen LogP contribution >= 0.6 is 11.3 Å². The molecule has 1 aromatic heterocycles. The number of halogens is 1. The van der Waals surface area contributed by atoms with Crippen LogP contribution in [0.5, 0.6) is 0 Å². The van der Waals surface area contributed by atoms with Crippen LogP contribution in [0.3, 0.4) is 0 Å². The molecule has 3 aromatic rings. The van der Waals surface area contributed by atoms with Gasteiger partial charge in [-0.3, -0.25) is 14.9 Å². The van der Waals surface area contributed by atoms with E-state index in [4.69, 9.17) is 4.74 Å². The van der Waals surface area contributed by atoms with Gasteiger partial charge in [-0.15, -0.1) is 11.3 Å². The topological polar surface area (TPSA) is 72.5 Å². The smallest absolute Gasteiger partial charge is 0.349 e. The van der Waals surface area contributed by atoms with E-state index in [1.807, 2.05) is 0 Å². The van der Waals surface area contributed by atoms with E-state index in [1.165, 1.54) is 6.07 Å². The Morgan fingerprint density at radius 3 is 2.50 bits per heavy atom. The van der Waals surface area contributed by atoms with Crippen molar-refractivity contribution in [3.8, 4) is 0 Å². The van der Waals surface area contributed by atoms with Gasteiger partial charge in [-0.25, -0.2) is 9.18 Å². The van der Waals surface area contributed by atoms with Crippen LogP contribution in [0.1, 0.15) is 25.6 Å². The zero-order chi connectivity index (χ0) is 18.7. The molecule has 2 aromatic carbocycles. The van der Waals surface area contributed by atoms with Crippen molar-refractivity contribution in [3.63, 3.8) is 0 Å². The maximum Gasteiger partial charge on any atom is 0.349 e. The van der Waals surface area contributed by atoms with Crippen molar-refractivity contribution >= 4 is 39.2 Å². The van der Waals surface area contributed by atoms with E-state index in [9.17, 15) is 18.8 Å². The zero-order valence-electron chi connectivity index (χ0n) is 13.7. The minimum Gasteiger partial charge on any atom is -0.451 e. The van der Waals surface area contributed by atoms with E-state index in [1.54, 1.807) is 49.4 Å². The van der Waals surface area contributed by atoms with Gasteiger partial charge in [-0.05, 0) is 36.8 Å². The molecule has 0 aliphatic carbocycles. The number of imide groups is 1. The van der Waals surface area contributed by atoms with Crippen LogP contribution in [0.4, 0.5) is 4.39 Å². The number of esters is 1. The van der Waals surface area contributed by atoms with E-state index < -0.39 is 30.2 Å². The fourth-order valence-electron chi connectivity index (χ4n) is 2.47. The predicted molar refractivity (Wildman–Crippen MR) is 95.7 cm³/mol. The Kier molecular flexibility index (Phi) is 5.09. The Bertz CT molecular complexity index is 997. The monoisotopic (exact) mass is 371 g/mol. The second-order valence-electron chi connectivity index (χ2n) is 5.49. The van der Waals surface area contributed by atoms with Gasteiger partial charge in [0.2, 0.25) is 0 Å². The van der Waals surface area contributed by atoms with Crippen molar-refractivity contribution in [1.29, 1.82) is 0 Å². The molecule has 0 aliphatic rings. The molecule has 7 heteroatoms. The lowest BCUT2D eigenvalue weighted by molar-refractivity contribution is -0.123. The lowest BCUT2D eigenvalue weighted by Crippen LogP contribution is -2.34. The van der Waals surface area contributed by atoms with Gasteiger partial charge in [0.05, 0.1) is 0 Å². The van der Waals surface area contributed by atoms with Gasteiger partial charge in [-0.1, -0.05) is 24.3 Å². The highest BCUT2D eigenvalue weighted by atomic mass is 32.1. The quantitative estimate of drug-likeness (QED) is 0.713. The first-order valence-electron chi connectivity index (χ1n) is 7.71. The molecule has 0 atom stereocenters. The van der Waals surface area contributed by atoms with E-state index >= 15 is 0 Å². The average molecular weight is 371 g/mol.